The van der Waals surface area contributed by atoms with Crippen LogP contribution in [0.2, 0.25) is 0 Å². The average molecular weight is 283 g/mol. The van der Waals surface area contributed by atoms with Gasteiger partial charge < -0.3 is 10.0 Å². The minimum atomic E-state index is -0.641. The van der Waals surface area contributed by atoms with Crippen molar-refractivity contribution in [3.05, 3.63) is 51.7 Å². The van der Waals surface area contributed by atoms with Crippen molar-refractivity contribution in [3.8, 4) is 0 Å². The molecule has 2 aromatic rings. The summed E-state index contributed by atoms with van der Waals surface area (Å²) in [4.78, 5) is 2.74. The SMILES string of the molecule is CN(CCc1cccs1)c1c(F)cc(CO)cc1F. The number of hydrogen-bond acceptors (Lipinski definition) is 3. The highest BCUT2D eigenvalue weighted by Crippen LogP contribution is 2.24. The van der Waals surface area contributed by atoms with Crippen molar-refractivity contribution in [2.45, 2.75) is 13.0 Å². The summed E-state index contributed by atoms with van der Waals surface area (Å²) in [7, 11) is 1.66. The van der Waals surface area contributed by atoms with Gasteiger partial charge in [0, 0.05) is 18.5 Å². The summed E-state index contributed by atoms with van der Waals surface area (Å²) in [6.07, 6.45) is 0.745. The number of thiophene rings is 1. The van der Waals surface area contributed by atoms with Crippen LogP contribution in [0.4, 0.5) is 14.5 Å². The third kappa shape index (κ3) is 3.30. The fourth-order valence-corrected chi connectivity index (χ4v) is 2.62. The number of benzene rings is 1. The second kappa shape index (κ2) is 6.12. The van der Waals surface area contributed by atoms with Crippen molar-refractivity contribution in [3.63, 3.8) is 0 Å². The van der Waals surface area contributed by atoms with Crippen molar-refractivity contribution in [1.82, 2.24) is 0 Å². The fraction of sp³-hybridized carbons (Fsp3) is 0.286. The van der Waals surface area contributed by atoms with Gasteiger partial charge >= 0.3 is 0 Å². The Labute approximate surface area is 114 Å². The molecule has 0 aliphatic rings. The normalized spacial score (nSPS) is 10.7. The number of nitrogens with zero attached hydrogens (tertiary/aromatic N) is 1. The molecule has 1 heterocycles. The summed E-state index contributed by atoms with van der Waals surface area (Å²) in [6.45, 7) is 0.167. The van der Waals surface area contributed by atoms with Gasteiger partial charge in [0.05, 0.1) is 6.61 Å². The zero-order chi connectivity index (χ0) is 13.8. The molecule has 0 aliphatic heterocycles. The molecule has 0 spiro atoms. The zero-order valence-corrected chi connectivity index (χ0v) is 11.4. The summed E-state index contributed by atoms with van der Waals surface area (Å²) in [5, 5.41) is 10.9. The molecule has 19 heavy (non-hydrogen) atoms. The first-order valence-corrected chi connectivity index (χ1v) is 6.82. The first kappa shape index (κ1) is 14.0. The Bertz CT molecular complexity index is 519. The molecule has 1 N–H and O–H groups in total. The molecular formula is C14H15F2NOS. The Morgan fingerprint density at radius 2 is 1.95 bits per heavy atom. The molecule has 1 aromatic carbocycles. The van der Waals surface area contributed by atoms with E-state index in [0.717, 1.165) is 6.42 Å². The van der Waals surface area contributed by atoms with Crippen LogP contribution in [-0.2, 0) is 13.0 Å². The van der Waals surface area contributed by atoms with Crippen molar-refractivity contribution >= 4 is 17.0 Å². The molecule has 0 bridgehead atoms. The predicted molar refractivity (Wildman–Crippen MR) is 73.6 cm³/mol. The Kier molecular flexibility index (Phi) is 4.50. The third-order valence-electron chi connectivity index (χ3n) is 2.91. The van der Waals surface area contributed by atoms with Crippen molar-refractivity contribution in [1.29, 1.82) is 0 Å². The van der Waals surface area contributed by atoms with E-state index in [2.05, 4.69) is 0 Å². The largest absolute Gasteiger partial charge is 0.392 e. The van der Waals surface area contributed by atoms with Crippen LogP contribution in [0.1, 0.15) is 10.4 Å². The number of aliphatic hydroxyl groups excluding tert-OH is 1. The van der Waals surface area contributed by atoms with Crippen molar-refractivity contribution in [2.75, 3.05) is 18.5 Å². The maximum Gasteiger partial charge on any atom is 0.149 e. The highest BCUT2D eigenvalue weighted by Gasteiger charge is 2.15. The van der Waals surface area contributed by atoms with Gasteiger partial charge in [0.15, 0.2) is 0 Å². The lowest BCUT2D eigenvalue weighted by Gasteiger charge is -2.20. The lowest BCUT2D eigenvalue weighted by Crippen LogP contribution is -2.22. The van der Waals surface area contributed by atoms with E-state index in [-0.39, 0.29) is 17.9 Å². The first-order valence-electron chi connectivity index (χ1n) is 5.94. The van der Waals surface area contributed by atoms with E-state index in [0.29, 0.717) is 6.54 Å². The first-order chi connectivity index (χ1) is 9.11. The van der Waals surface area contributed by atoms with Crippen LogP contribution in [-0.4, -0.2) is 18.7 Å². The lowest BCUT2D eigenvalue weighted by atomic mass is 10.1. The molecule has 0 amide bonds. The zero-order valence-electron chi connectivity index (χ0n) is 10.6. The highest BCUT2D eigenvalue weighted by molar-refractivity contribution is 7.09. The highest BCUT2D eigenvalue weighted by atomic mass is 32.1. The number of likely N-dealkylation sites (N-methyl/N-ethyl adjacent to an activating group) is 1. The van der Waals surface area contributed by atoms with Crippen LogP contribution < -0.4 is 4.90 Å². The Balaban J connectivity index is 2.12. The molecule has 1 aromatic heterocycles. The van der Waals surface area contributed by atoms with Gasteiger partial charge in [-0.1, -0.05) is 6.07 Å². The molecule has 0 atom stereocenters. The molecule has 2 rings (SSSR count). The Morgan fingerprint density at radius 3 is 2.47 bits per heavy atom. The van der Waals surface area contributed by atoms with Crippen LogP contribution in [0.5, 0.6) is 0 Å². The van der Waals surface area contributed by atoms with E-state index < -0.39 is 11.6 Å². The van der Waals surface area contributed by atoms with Gasteiger partial charge in [-0.15, -0.1) is 11.3 Å². The predicted octanol–water partition coefficient (Wildman–Crippen LogP) is 3.20. The van der Waals surface area contributed by atoms with Gasteiger partial charge in [0.2, 0.25) is 0 Å². The second-order valence-electron chi connectivity index (χ2n) is 4.32. The van der Waals surface area contributed by atoms with Gasteiger partial charge in [-0.05, 0) is 35.6 Å². The van der Waals surface area contributed by atoms with Crippen LogP contribution in [0.15, 0.2) is 29.6 Å². The van der Waals surface area contributed by atoms with E-state index >= 15 is 0 Å². The number of aliphatic hydroxyl groups is 1. The number of halogens is 2. The maximum atomic E-state index is 13.8. The second-order valence-corrected chi connectivity index (χ2v) is 5.35. The summed E-state index contributed by atoms with van der Waals surface area (Å²) in [5.74, 6) is -1.28. The maximum absolute atomic E-state index is 13.8. The molecule has 0 saturated heterocycles. The molecule has 0 unspecified atom stereocenters. The van der Waals surface area contributed by atoms with Gasteiger partial charge in [-0.25, -0.2) is 8.78 Å². The molecule has 2 nitrogen and oxygen atoms in total. The lowest BCUT2D eigenvalue weighted by molar-refractivity contribution is 0.280. The summed E-state index contributed by atoms with van der Waals surface area (Å²) in [6, 6.07) is 6.29. The fourth-order valence-electron chi connectivity index (χ4n) is 1.92. The summed E-state index contributed by atoms with van der Waals surface area (Å²) >= 11 is 1.63. The molecule has 0 radical (unpaired) electrons. The van der Waals surface area contributed by atoms with Gasteiger partial charge in [-0.3, -0.25) is 0 Å². The van der Waals surface area contributed by atoms with Gasteiger partial charge in [0.25, 0.3) is 0 Å². The van der Waals surface area contributed by atoms with Crippen LogP contribution in [0.3, 0.4) is 0 Å². The van der Waals surface area contributed by atoms with E-state index in [1.54, 1.807) is 23.3 Å². The van der Waals surface area contributed by atoms with Gasteiger partial charge in [-0.2, -0.15) is 0 Å². The summed E-state index contributed by atoms with van der Waals surface area (Å²) < 4.78 is 27.6. The van der Waals surface area contributed by atoms with E-state index in [9.17, 15) is 8.78 Å². The topological polar surface area (TPSA) is 23.5 Å². The average Bonchev–Trinajstić information content (AvgIpc) is 2.88. The minimum Gasteiger partial charge on any atom is -0.392 e. The number of anilines is 1. The molecule has 0 fully saturated rings. The summed E-state index contributed by atoms with van der Waals surface area (Å²) in [5.41, 5.74) is 0.194. The van der Waals surface area contributed by atoms with E-state index in [1.165, 1.54) is 17.0 Å². The smallest absolute Gasteiger partial charge is 0.149 e. The number of hydrogen-bond donors (Lipinski definition) is 1. The minimum absolute atomic E-state index is 0.0474. The quantitative estimate of drug-likeness (QED) is 0.911. The van der Waals surface area contributed by atoms with Crippen LogP contribution in [0, 0.1) is 11.6 Å². The number of rotatable bonds is 5. The monoisotopic (exact) mass is 283 g/mol. The van der Waals surface area contributed by atoms with E-state index in [1.807, 2.05) is 17.5 Å². The van der Waals surface area contributed by atoms with Crippen LogP contribution in [0.25, 0.3) is 0 Å². The molecule has 0 aliphatic carbocycles. The van der Waals surface area contributed by atoms with Gasteiger partial charge in [0.1, 0.15) is 17.3 Å². The Hall–Kier alpha value is -1.46. The molecule has 5 heteroatoms. The molecule has 0 saturated carbocycles. The molecular weight excluding hydrogens is 268 g/mol. The Morgan fingerprint density at radius 1 is 1.26 bits per heavy atom. The van der Waals surface area contributed by atoms with Crippen molar-refractivity contribution in [2.24, 2.45) is 0 Å². The van der Waals surface area contributed by atoms with E-state index in [4.69, 9.17) is 5.11 Å². The van der Waals surface area contributed by atoms with Crippen LogP contribution >= 0.6 is 11.3 Å². The van der Waals surface area contributed by atoms with Crippen molar-refractivity contribution < 1.29 is 13.9 Å². The third-order valence-corrected chi connectivity index (χ3v) is 3.85. The standard InChI is InChI=1S/C14H15F2NOS/c1-17(5-4-11-3-2-6-19-11)14-12(15)7-10(9-18)8-13(14)16/h2-3,6-8,18H,4-5,9H2,1H3. The molecule has 102 valence electrons.